The highest BCUT2D eigenvalue weighted by atomic mass is 16.6. The largest absolute Gasteiger partial charge is 0.504 e. The second-order valence-corrected chi connectivity index (χ2v) is 7.99. The third-order valence-electron chi connectivity index (χ3n) is 5.56. The Labute approximate surface area is 174 Å². The summed E-state index contributed by atoms with van der Waals surface area (Å²) in [5, 5.41) is 10.3. The summed E-state index contributed by atoms with van der Waals surface area (Å²) in [6.45, 7) is 8.04. The van der Waals surface area contributed by atoms with Gasteiger partial charge in [0.1, 0.15) is 6.10 Å². The molecule has 1 fully saturated rings. The Balaban J connectivity index is 1.90. The van der Waals surface area contributed by atoms with E-state index >= 15 is 0 Å². The number of phenols is 1. The van der Waals surface area contributed by atoms with Crippen LogP contribution in [0, 0.1) is 12.8 Å². The first-order valence-corrected chi connectivity index (χ1v) is 10.2. The molecule has 2 atom stereocenters. The van der Waals surface area contributed by atoms with E-state index < -0.39 is 0 Å². The molecule has 29 heavy (non-hydrogen) atoms. The molecule has 1 aliphatic rings. The molecule has 1 aromatic carbocycles. The van der Waals surface area contributed by atoms with E-state index in [0.717, 1.165) is 43.2 Å². The molecule has 0 radical (unpaired) electrons. The smallest absolute Gasteiger partial charge is 0.309 e. The van der Waals surface area contributed by atoms with Crippen LogP contribution in [0.2, 0.25) is 0 Å². The lowest BCUT2D eigenvalue weighted by atomic mass is 9.99. The van der Waals surface area contributed by atoms with Crippen molar-refractivity contribution in [3.8, 4) is 17.2 Å². The highest BCUT2D eigenvalue weighted by Gasteiger charge is 2.30. The Morgan fingerprint density at radius 2 is 1.97 bits per heavy atom. The fraction of sp³-hybridized carbons (Fsp3) is 0.542. The van der Waals surface area contributed by atoms with Gasteiger partial charge in [-0.15, -0.1) is 0 Å². The highest BCUT2D eigenvalue weighted by Crippen LogP contribution is 2.41. The highest BCUT2D eigenvalue weighted by molar-refractivity contribution is 5.74. The van der Waals surface area contributed by atoms with Gasteiger partial charge in [0, 0.05) is 6.42 Å². The number of cyclic esters (lactones) is 1. The van der Waals surface area contributed by atoms with E-state index in [9.17, 15) is 9.90 Å². The maximum absolute atomic E-state index is 11.5. The van der Waals surface area contributed by atoms with Crippen LogP contribution in [0.25, 0.3) is 0 Å². The summed E-state index contributed by atoms with van der Waals surface area (Å²) in [6.07, 6.45) is 8.76. The molecule has 2 rings (SSSR count). The van der Waals surface area contributed by atoms with Crippen molar-refractivity contribution in [1.29, 1.82) is 0 Å². The number of carbonyl (C=O) groups is 1. The van der Waals surface area contributed by atoms with Gasteiger partial charge in [-0.05, 0) is 63.6 Å². The van der Waals surface area contributed by atoms with E-state index in [1.165, 1.54) is 18.3 Å². The first-order chi connectivity index (χ1) is 13.8. The summed E-state index contributed by atoms with van der Waals surface area (Å²) >= 11 is 0. The van der Waals surface area contributed by atoms with Gasteiger partial charge in [-0.3, -0.25) is 4.79 Å². The SMILES string of the molecule is COc1cc(C/C=C(\C)CC/C=C(\C)C[C@@H]2C[C@@H](C)C(=O)O2)c(C)c(O)c1OC. The number of esters is 1. The topological polar surface area (TPSA) is 65.0 Å². The molecular formula is C24H34O5. The van der Waals surface area contributed by atoms with E-state index in [1.807, 2.05) is 19.9 Å². The second-order valence-electron chi connectivity index (χ2n) is 7.99. The molecule has 1 saturated heterocycles. The van der Waals surface area contributed by atoms with Gasteiger partial charge in [0.2, 0.25) is 5.75 Å². The Morgan fingerprint density at radius 1 is 1.24 bits per heavy atom. The van der Waals surface area contributed by atoms with Gasteiger partial charge >= 0.3 is 5.97 Å². The molecule has 0 bridgehead atoms. The van der Waals surface area contributed by atoms with Gasteiger partial charge < -0.3 is 19.3 Å². The monoisotopic (exact) mass is 402 g/mol. The number of hydrogen-bond acceptors (Lipinski definition) is 5. The number of benzene rings is 1. The minimum Gasteiger partial charge on any atom is -0.504 e. The number of rotatable bonds is 9. The predicted molar refractivity (Wildman–Crippen MR) is 115 cm³/mol. The number of aromatic hydroxyl groups is 1. The number of ether oxygens (including phenoxy) is 3. The van der Waals surface area contributed by atoms with Crippen molar-refractivity contribution >= 4 is 5.97 Å². The van der Waals surface area contributed by atoms with E-state index in [1.54, 1.807) is 7.11 Å². The summed E-state index contributed by atoms with van der Waals surface area (Å²) in [5.41, 5.74) is 4.39. The first kappa shape index (κ1) is 22.9. The zero-order chi connectivity index (χ0) is 21.6. The van der Waals surface area contributed by atoms with Crippen molar-refractivity contribution in [3.05, 3.63) is 40.5 Å². The summed E-state index contributed by atoms with van der Waals surface area (Å²) in [5.74, 6) is 0.999. The Morgan fingerprint density at radius 3 is 2.55 bits per heavy atom. The molecule has 0 spiro atoms. The Kier molecular flexibility index (Phi) is 8.18. The van der Waals surface area contributed by atoms with Crippen molar-refractivity contribution in [1.82, 2.24) is 0 Å². The van der Waals surface area contributed by atoms with Gasteiger partial charge in [0.25, 0.3) is 0 Å². The van der Waals surface area contributed by atoms with Crippen LogP contribution in [0.1, 0.15) is 57.6 Å². The van der Waals surface area contributed by atoms with Crippen LogP contribution in [0.3, 0.4) is 0 Å². The maximum atomic E-state index is 11.5. The Bertz CT molecular complexity index is 791. The molecule has 1 aliphatic heterocycles. The van der Waals surface area contributed by atoms with E-state index in [-0.39, 0.29) is 23.7 Å². The fourth-order valence-corrected chi connectivity index (χ4v) is 3.65. The van der Waals surface area contributed by atoms with Crippen LogP contribution in [0.5, 0.6) is 17.2 Å². The standard InChI is InChI=1S/C24H34O5/c1-15(8-7-9-16(2)12-20-13-17(3)24(26)29-20)10-11-19-14-21(27-5)23(28-6)22(25)18(19)4/h9-10,14,17,20,25H,7-8,11-13H2,1-6H3/b15-10+,16-9+/t17-,20-/m1/s1. The summed E-state index contributed by atoms with van der Waals surface area (Å²) in [4.78, 5) is 11.5. The van der Waals surface area contributed by atoms with Crippen molar-refractivity contribution in [2.24, 2.45) is 5.92 Å². The van der Waals surface area contributed by atoms with Gasteiger partial charge in [-0.1, -0.05) is 30.2 Å². The van der Waals surface area contributed by atoms with Gasteiger partial charge in [0.15, 0.2) is 11.5 Å². The number of phenolic OH excluding ortho intramolecular Hbond substituents is 1. The molecule has 1 aromatic rings. The number of carbonyl (C=O) groups excluding carboxylic acids is 1. The summed E-state index contributed by atoms with van der Waals surface area (Å²) in [7, 11) is 3.09. The Hall–Kier alpha value is -2.43. The zero-order valence-electron chi connectivity index (χ0n) is 18.5. The molecule has 1 N–H and O–H groups in total. The zero-order valence-corrected chi connectivity index (χ0v) is 18.5. The third-order valence-corrected chi connectivity index (χ3v) is 5.56. The van der Waals surface area contributed by atoms with Crippen LogP contribution in [-0.2, 0) is 16.0 Å². The van der Waals surface area contributed by atoms with E-state index in [4.69, 9.17) is 14.2 Å². The molecule has 160 valence electrons. The van der Waals surface area contributed by atoms with Crippen LogP contribution in [0.15, 0.2) is 29.4 Å². The van der Waals surface area contributed by atoms with Crippen molar-refractivity contribution in [3.63, 3.8) is 0 Å². The summed E-state index contributed by atoms with van der Waals surface area (Å²) < 4.78 is 16.0. The van der Waals surface area contributed by atoms with Crippen molar-refractivity contribution in [2.45, 2.75) is 65.9 Å². The predicted octanol–water partition coefficient (Wildman–Crippen LogP) is 5.27. The molecule has 0 saturated carbocycles. The third kappa shape index (κ3) is 6.02. The molecular weight excluding hydrogens is 368 g/mol. The lowest BCUT2D eigenvalue weighted by molar-refractivity contribution is -0.143. The molecule has 5 heteroatoms. The van der Waals surface area contributed by atoms with Gasteiger partial charge in [0.05, 0.1) is 20.1 Å². The van der Waals surface area contributed by atoms with E-state index in [2.05, 4.69) is 26.0 Å². The maximum Gasteiger partial charge on any atom is 0.309 e. The van der Waals surface area contributed by atoms with Crippen LogP contribution in [0.4, 0.5) is 0 Å². The number of hydrogen-bond donors (Lipinski definition) is 1. The molecule has 0 unspecified atom stereocenters. The summed E-state index contributed by atoms with van der Waals surface area (Å²) in [6, 6.07) is 1.92. The minimum atomic E-state index is -0.0712. The van der Waals surface area contributed by atoms with Crippen molar-refractivity contribution in [2.75, 3.05) is 14.2 Å². The normalized spacial score (nSPS) is 20.0. The lowest BCUT2D eigenvalue weighted by Crippen LogP contribution is -2.07. The van der Waals surface area contributed by atoms with Gasteiger partial charge in [-0.2, -0.15) is 0 Å². The number of allylic oxidation sites excluding steroid dienone is 3. The molecule has 0 amide bonds. The van der Waals surface area contributed by atoms with Crippen LogP contribution in [-0.4, -0.2) is 31.4 Å². The van der Waals surface area contributed by atoms with Crippen LogP contribution < -0.4 is 9.47 Å². The van der Waals surface area contributed by atoms with Crippen LogP contribution >= 0.6 is 0 Å². The second kappa shape index (κ2) is 10.4. The molecule has 0 aromatic heterocycles. The van der Waals surface area contributed by atoms with E-state index in [0.29, 0.717) is 11.5 Å². The van der Waals surface area contributed by atoms with Crippen molar-refractivity contribution < 1.29 is 24.1 Å². The average molecular weight is 403 g/mol. The van der Waals surface area contributed by atoms with Gasteiger partial charge in [-0.25, -0.2) is 0 Å². The lowest BCUT2D eigenvalue weighted by Gasteiger charge is -2.14. The first-order valence-electron chi connectivity index (χ1n) is 10.2. The average Bonchev–Trinajstić information content (AvgIpc) is 2.99. The molecule has 1 heterocycles. The molecule has 5 nitrogen and oxygen atoms in total. The minimum absolute atomic E-state index is 0.0254. The number of methoxy groups -OCH3 is 2. The fourth-order valence-electron chi connectivity index (χ4n) is 3.65. The molecule has 0 aliphatic carbocycles. The quantitative estimate of drug-likeness (QED) is 0.450.